The number of hydrogen-bond acceptors (Lipinski definition) is 15. The first-order valence-corrected chi connectivity index (χ1v) is 10.4. The Labute approximate surface area is 187 Å². The van der Waals surface area contributed by atoms with Crippen molar-refractivity contribution < 1.29 is 74.7 Å². The second-order valence-electron chi connectivity index (χ2n) is 8.32. The summed E-state index contributed by atoms with van der Waals surface area (Å²) >= 11 is 0. The fraction of sp³-hybridized carbons (Fsp3) is 1.00. The van der Waals surface area contributed by atoms with Gasteiger partial charge in [-0.3, -0.25) is 0 Å². The van der Waals surface area contributed by atoms with Crippen molar-refractivity contribution in [2.24, 2.45) is 0 Å². The average Bonchev–Trinajstić information content (AvgIpc) is 2.79. The highest BCUT2D eigenvalue weighted by Crippen LogP contribution is 2.32. The normalized spacial score (nSPS) is 53.7. The number of hydrogen-bond donors (Lipinski definition) is 10. The van der Waals surface area contributed by atoms with Crippen LogP contribution in [0.1, 0.15) is 6.92 Å². The highest BCUT2D eigenvalue weighted by atomic mass is 16.8. The van der Waals surface area contributed by atoms with Gasteiger partial charge in [-0.25, -0.2) is 0 Å². The zero-order valence-corrected chi connectivity index (χ0v) is 17.6. The molecule has 3 aliphatic heterocycles. The topological polar surface area (TPSA) is 248 Å². The van der Waals surface area contributed by atoms with Gasteiger partial charge in [-0.05, 0) is 6.92 Å². The summed E-state index contributed by atoms with van der Waals surface area (Å²) in [4.78, 5) is 0. The van der Waals surface area contributed by atoms with Crippen molar-refractivity contribution in [2.75, 3.05) is 13.2 Å². The highest BCUT2D eigenvalue weighted by molar-refractivity contribution is 4.95. The van der Waals surface area contributed by atoms with Crippen LogP contribution in [0.4, 0.5) is 0 Å². The van der Waals surface area contributed by atoms with Crippen LogP contribution in [-0.2, 0) is 23.7 Å². The van der Waals surface area contributed by atoms with Crippen LogP contribution in [0.5, 0.6) is 0 Å². The SMILES string of the molecule is CC1OC(O[C@@H]2C(O)OC(CO)C(OC3OC(CO)C(O)C(O)C3O)[C@H]2O)C(O)C(O)C1O. The third-order valence-corrected chi connectivity index (χ3v) is 6.05. The van der Waals surface area contributed by atoms with Gasteiger partial charge in [0.2, 0.25) is 0 Å². The summed E-state index contributed by atoms with van der Waals surface area (Å²) in [5.41, 5.74) is 0. The quantitative estimate of drug-likeness (QED) is 0.167. The maximum absolute atomic E-state index is 10.8. The third kappa shape index (κ3) is 5.32. The van der Waals surface area contributed by atoms with E-state index in [9.17, 15) is 51.1 Å². The van der Waals surface area contributed by atoms with Gasteiger partial charge in [0, 0.05) is 0 Å². The van der Waals surface area contributed by atoms with Gasteiger partial charge < -0.3 is 74.7 Å². The average molecular weight is 488 g/mol. The van der Waals surface area contributed by atoms with Crippen LogP contribution in [0, 0.1) is 0 Å². The predicted octanol–water partition coefficient (Wildman–Crippen LogP) is -6.55. The maximum atomic E-state index is 10.8. The minimum Gasteiger partial charge on any atom is -0.394 e. The van der Waals surface area contributed by atoms with Crippen LogP contribution in [0.15, 0.2) is 0 Å². The van der Waals surface area contributed by atoms with E-state index in [1.807, 2.05) is 0 Å². The van der Waals surface area contributed by atoms with E-state index < -0.39 is 105 Å². The molecule has 13 unspecified atom stereocenters. The Balaban J connectivity index is 1.75. The molecule has 0 aromatic rings. The van der Waals surface area contributed by atoms with Crippen molar-refractivity contribution in [1.82, 2.24) is 0 Å². The lowest BCUT2D eigenvalue weighted by Crippen LogP contribution is -2.66. The fourth-order valence-electron chi connectivity index (χ4n) is 3.99. The Morgan fingerprint density at radius 1 is 0.545 bits per heavy atom. The van der Waals surface area contributed by atoms with Gasteiger partial charge >= 0.3 is 0 Å². The van der Waals surface area contributed by atoms with E-state index in [0.717, 1.165) is 0 Å². The molecule has 3 fully saturated rings. The van der Waals surface area contributed by atoms with Crippen molar-refractivity contribution in [1.29, 1.82) is 0 Å². The standard InChI is InChI=1S/C18H32O15/c1-4-7(21)9(23)11(25)17(29-4)33-15-13(27)14(6(3-20)30-16(15)28)32-18-12(26)10(24)8(22)5(2-19)31-18/h4-28H,2-3H2,1H3/t4?,5?,6?,7?,8?,9?,10?,11?,12?,13-,14?,15+,16?,17?,18?/m1/s1. The summed E-state index contributed by atoms with van der Waals surface area (Å²) in [6.45, 7) is -0.105. The number of rotatable bonds is 6. The Hall–Kier alpha value is -0.600. The first kappa shape index (κ1) is 27.0. The third-order valence-electron chi connectivity index (χ3n) is 6.05. The molecular formula is C18H32O15. The fourth-order valence-corrected chi connectivity index (χ4v) is 3.99. The number of ether oxygens (including phenoxy) is 5. The molecule has 33 heavy (non-hydrogen) atoms. The molecule has 15 nitrogen and oxygen atoms in total. The lowest BCUT2D eigenvalue weighted by atomic mass is 9.96. The molecule has 0 spiro atoms. The molecule has 0 aromatic carbocycles. The smallest absolute Gasteiger partial charge is 0.187 e. The zero-order chi connectivity index (χ0) is 24.6. The predicted molar refractivity (Wildman–Crippen MR) is 99.8 cm³/mol. The molecule has 15 atom stereocenters. The molecular weight excluding hydrogens is 456 g/mol. The lowest BCUT2D eigenvalue weighted by Gasteiger charge is -2.47. The van der Waals surface area contributed by atoms with Gasteiger partial charge in [0.25, 0.3) is 0 Å². The summed E-state index contributed by atoms with van der Waals surface area (Å²) in [5, 5.41) is 99.8. The van der Waals surface area contributed by atoms with E-state index >= 15 is 0 Å². The van der Waals surface area contributed by atoms with Crippen LogP contribution in [0.25, 0.3) is 0 Å². The number of aliphatic hydroxyl groups is 10. The van der Waals surface area contributed by atoms with Crippen LogP contribution >= 0.6 is 0 Å². The molecule has 3 rings (SSSR count). The summed E-state index contributed by atoms with van der Waals surface area (Å²) in [6.07, 6.45) is -23.9. The van der Waals surface area contributed by atoms with E-state index in [0.29, 0.717) is 0 Å². The molecule has 194 valence electrons. The molecule has 0 bridgehead atoms. The summed E-state index contributed by atoms with van der Waals surface area (Å²) in [7, 11) is 0. The largest absolute Gasteiger partial charge is 0.394 e. The van der Waals surface area contributed by atoms with Crippen molar-refractivity contribution in [3.05, 3.63) is 0 Å². The number of aliphatic hydroxyl groups excluding tert-OH is 10. The molecule has 3 aliphatic rings. The minimum absolute atomic E-state index is 0.730. The van der Waals surface area contributed by atoms with E-state index in [1.165, 1.54) is 6.92 Å². The van der Waals surface area contributed by atoms with E-state index in [1.54, 1.807) is 0 Å². The molecule has 3 heterocycles. The van der Waals surface area contributed by atoms with Crippen molar-refractivity contribution in [2.45, 2.75) is 99.0 Å². The van der Waals surface area contributed by atoms with E-state index in [-0.39, 0.29) is 0 Å². The Morgan fingerprint density at radius 2 is 1.06 bits per heavy atom. The second kappa shape index (κ2) is 11.0. The van der Waals surface area contributed by atoms with Crippen molar-refractivity contribution >= 4 is 0 Å². The Kier molecular flexibility index (Phi) is 8.99. The maximum Gasteiger partial charge on any atom is 0.187 e. The van der Waals surface area contributed by atoms with Gasteiger partial charge in [-0.15, -0.1) is 0 Å². The molecule has 10 N–H and O–H groups in total. The monoisotopic (exact) mass is 488 g/mol. The van der Waals surface area contributed by atoms with Crippen molar-refractivity contribution in [3.63, 3.8) is 0 Å². The summed E-state index contributed by atoms with van der Waals surface area (Å²) in [6, 6.07) is 0. The lowest BCUT2D eigenvalue weighted by molar-refractivity contribution is -0.381. The zero-order valence-electron chi connectivity index (χ0n) is 17.6. The minimum atomic E-state index is -1.86. The van der Waals surface area contributed by atoms with Gasteiger partial charge in [-0.1, -0.05) is 0 Å². The molecule has 0 saturated carbocycles. The van der Waals surface area contributed by atoms with Crippen LogP contribution in [-0.4, -0.2) is 156 Å². The first-order chi connectivity index (χ1) is 15.5. The molecule has 3 saturated heterocycles. The molecule has 0 radical (unpaired) electrons. The molecule has 0 aromatic heterocycles. The second-order valence-corrected chi connectivity index (χ2v) is 8.32. The van der Waals surface area contributed by atoms with Crippen LogP contribution < -0.4 is 0 Å². The molecule has 15 heteroatoms. The van der Waals surface area contributed by atoms with Crippen molar-refractivity contribution in [3.8, 4) is 0 Å². The summed E-state index contributed by atoms with van der Waals surface area (Å²) in [5.74, 6) is 0. The Morgan fingerprint density at radius 3 is 1.64 bits per heavy atom. The summed E-state index contributed by atoms with van der Waals surface area (Å²) < 4.78 is 26.6. The van der Waals surface area contributed by atoms with E-state index in [2.05, 4.69) is 0 Å². The first-order valence-electron chi connectivity index (χ1n) is 10.4. The Bertz CT molecular complexity index is 624. The van der Waals surface area contributed by atoms with Crippen LogP contribution in [0.3, 0.4) is 0 Å². The highest BCUT2D eigenvalue weighted by Gasteiger charge is 2.53. The van der Waals surface area contributed by atoms with Gasteiger partial charge in [0.1, 0.15) is 67.1 Å². The molecule has 0 aliphatic carbocycles. The van der Waals surface area contributed by atoms with Gasteiger partial charge in [0.05, 0.1) is 19.3 Å². The van der Waals surface area contributed by atoms with Gasteiger partial charge in [-0.2, -0.15) is 0 Å². The van der Waals surface area contributed by atoms with Gasteiger partial charge in [0.15, 0.2) is 18.9 Å². The van der Waals surface area contributed by atoms with E-state index in [4.69, 9.17) is 23.7 Å². The van der Waals surface area contributed by atoms with Crippen LogP contribution in [0.2, 0.25) is 0 Å². The molecule has 0 amide bonds.